The summed E-state index contributed by atoms with van der Waals surface area (Å²) in [7, 11) is 0. The SMILES string of the molecule is O=c1oc2ccc(Br)cc2cc1-c1nc(-c2ccccc2)cs1. The molecule has 0 bridgehead atoms. The van der Waals surface area contributed by atoms with Crippen molar-refractivity contribution in [3.05, 3.63) is 74.9 Å². The zero-order valence-electron chi connectivity index (χ0n) is 11.8. The van der Waals surface area contributed by atoms with Gasteiger partial charge in [-0.2, -0.15) is 0 Å². The van der Waals surface area contributed by atoms with Gasteiger partial charge < -0.3 is 4.42 Å². The topological polar surface area (TPSA) is 43.1 Å². The van der Waals surface area contributed by atoms with Crippen LogP contribution in [0, 0.1) is 0 Å². The van der Waals surface area contributed by atoms with E-state index in [1.165, 1.54) is 11.3 Å². The van der Waals surface area contributed by atoms with Crippen molar-refractivity contribution in [3.63, 3.8) is 0 Å². The van der Waals surface area contributed by atoms with Gasteiger partial charge in [0.25, 0.3) is 0 Å². The van der Waals surface area contributed by atoms with E-state index >= 15 is 0 Å². The Bertz CT molecular complexity index is 1050. The molecule has 0 aliphatic carbocycles. The number of nitrogens with zero attached hydrogens (tertiary/aromatic N) is 1. The van der Waals surface area contributed by atoms with E-state index in [2.05, 4.69) is 20.9 Å². The van der Waals surface area contributed by atoms with Crippen LogP contribution in [0.2, 0.25) is 0 Å². The highest BCUT2D eigenvalue weighted by atomic mass is 79.9. The summed E-state index contributed by atoms with van der Waals surface area (Å²) in [5.74, 6) is 0. The Morgan fingerprint density at radius 3 is 2.70 bits per heavy atom. The average Bonchev–Trinajstić information content (AvgIpc) is 3.05. The molecule has 2 heterocycles. The summed E-state index contributed by atoms with van der Waals surface area (Å²) in [5.41, 5.74) is 2.58. The Labute approximate surface area is 144 Å². The van der Waals surface area contributed by atoms with E-state index < -0.39 is 0 Å². The van der Waals surface area contributed by atoms with Crippen molar-refractivity contribution in [1.29, 1.82) is 0 Å². The van der Waals surface area contributed by atoms with Gasteiger partial charge in [-0.1, -0.05) is 46.3 Å². The molecule has 2 aromatic carbocycles. The summed E-state index contributed by atoms with van der Waals surface area (Å²) < 4.78 is 6.35. The molecule has 23 heavy (non-hydrogen) atoms. The van der Waals surface area contributed by atoms with Crippen LogP contribution in [-0.2, 0) is 0 Å². The molecule has 0 saturated carbocycles. The van der Waals surface area contributed by atoms with Gasteiger partial charge in [-0.25, -0.2) is 9.78 Å². The molecule has 0 radical (unpaired) electrons. The molecule has 4 aromatic rings. The van der Waals surface area contributed by atoms with Crippen LogP contribution < -0.4 is 5.63 Å². The van der Waals surface area contributed by atoms with Crippen molar-refractivity contribution in [3.8, 4) is 21.8 Å². The molecule has 0 N–H and O–H groups in total. The third-order valence-electron chi connectivity index (χ3n) is 3.50. The van der Waals surface area contributed by atoms with E-state index in [-0.39, 0.29) is 5.63 Å². The Morgan fingerprint density at radius 2 is 1.87 bits per heavy atom. The maximum Gasteiger partial charge on any atom is 0.346 e. The number of thiazole rings is 1. The standard InChI is InChI=1S/C18H10BrNO2S/c19-13-6-7-16-12(8-13)9-14(18(21)22-16)17-20-15(10-23-17)11-4-2-1-3-5-11/h1-10H. The Hall–Kier alpha value is -2.24. The van der Waals surface area contributed by atoms with E-state index in [0.717, 1.165) is 21.1 Å². The van der Waals surface area contributed by atoms with Crippen LogP contribution in [0.5, 0.6) is 0 Å². The van der Waals surface area contributed by atoms with Crippen LogP contribution in [0.1, 0.15) is 0 Å². The van der Waals surface area contributed by atoms with E-state index in [4.69, 9.17) is 4.42 Å². The van der Waals surface area contributed by atoms with Gasteiger partial charge in [-0.15, -0.1) is 11.3 Å². The highest BCUT2D eigenvalue weighted by Gasteiger charge is 2.12. The summed E-state index contributed by atoms with van der Waals surface area (Å²) >= 11 is 4.88. The summed E-state index contributed by atoms with van der Waals surface area (Å²) in [6, 6.07) is 17.3. The molecule has 4 rings (SSSR count). The summed E-state index contributed by atoms with van der Waals surface area (Å²) in [6.45, 7) is 0. The number of hydrogen-bond acceptors (Lipinski definition) is 4. The molecule has 5 heteroatoms. The molecule has 0 amide bonds. The first-order valence-electron chi connectivity index (χ1n) is 6.95. The molecule has 2 aromatic heterocycles. The van der Waals surface area contributed by atoms with Crippen LogP contribution in [0.25, 0.3) is 32.8 Å². The first kappa shape index (κ1) is 14.4. The van der Waals surface area contributed by atoms with Gasteiger partial charge in [0.15, 0.2) is 0 Å². The van der Waals surface area contributed by atoms with Crippen LogP contribution in [0.3, 0.4) is 0 Å². The first-order valence-corrected chi connectivity index (χ1v) is 8.63. The minimum atomic E-state index is -0.367. The molecule has 0 saturated heterocycles. The Kier molecular flexibility index (Phi) is 3.59. The van der Waals surface area contributed by atoms with Gasteiger partial charge in [0.05, 0.1) is 11.3 Å². The molecule has 3 nitrogen and oxygen atoms in total. The number of halogens is 1. The molecular formula is C18H10BrNO2S. The normalized spacial score (nSPS) is 11.0. The largest absolute Gasteiger partial charge is 0.422 e. The second-order valence-electron chi connectivity index (χ2n) is 5.03. The van der Waals surface area contributed by atoms with E-state index in [9.17, 15) is 4.79 Å². The molecule has 0 aliphatic rings. The number of fused-ring (bicyclic) bond motifs is 1. The predicted octanol–water partition coefficient (Wildman–Crippen LogP) is 5.35. The van der Waals surface area contributed by atoms with Crippen LogP contribution >= 0.6 is 27.3 Å². The predicted molar refractivity (Wildman–Crippen MR) is 96.7 cm³/mol. The van der Waals surface area contributed by atoms with E-state index in [1.54, 1.807) is 6.07 Å². The average molecular weight is 384 g/mol. The zero-order chi connectivity index (χ0) is 15.8. The second-order valence-corrected chi connectivity index (χ2v) is 6.81. The lowest BCUT2D eigenvalue weighted by Crippen LogP contribution is -2.02. The summed E-state index contributed by atoms with van der Waals surface area (Å²) in [6.07, 6.45) is 0. The lowest BCUT2D eigenvalue weighted by Gasteiger charge is -2.00. The fourth-order valence-corrected chi connectivity index (χ4v) is 3.59. The number of rotatable bonds is 2. The highest BCUT2D eigenvalue weighted by molar-refractivity contribution is 9.10. The van der Waals surface area contributed by atoms with Gasteiger partial charge in [0.2, 0.25) is 0 Å². The van der Waals surface area contributed by atoms with Gasteiger partial charge in [0, 0.05) is 20.8 Å². The van der Waals surface area contributed by atoms with Crippen molar-refractivity contribution in [2.24, 2.45) is 0 Å². The lowest BCUT2D eigenvalue weighted by atomic mass is 10.2. The number of aromatic nitrogens is 1. The van der Waals surface area contributed by atoms with Crippen molar-refractivity contribution in [2.75, 3.05) is 0 Å². The molecule has 0 fully saturated rings. The third kappa shape index (κ3) is 2.73. The van der Waals surface area contributed by atoms with Crippen molar-refractivity contribution < 1.29 is 4.42 Å². The van der Waals surface area contributed by atoms with Crippen LogP contribution in [0.15, 0.2) is 73.7 Å². The minimum absolute atomic E-state index is 0.367. The smallest absolute Gasteiger partial charge is 0.346 e. The van der Waals surface area contributed by atoms with Gasteiger partial charge >= 0.3 is 5.63 Å². The quantitative estimate of drug-likeness (QED) is 0.438. The summed E-state index contributed by atoms with van der Waals surface area (Å²) in [5, 5.41) is 3.49. The van der Waals surface area contributed by atoms with Gasteiger partial charge in [0.1, 0.15) is 10.6 Å². The van der Waals surface area contributed by atoms with Crippen molar-refractivity contribution in [2.45, 2.75) is 0 Å². The second kappa shape index (κ2) is 5.76. The molecule has 0 unspecified atom stereocenters. The van der Waals surface area contributed by atoms with Crippen molar-refractivity contribution >= 4 is 38.2 Å². The monoisotopic (exact) mass is 383 g/mol. The van der Waals surface area contributed by atoms with E-state index in [0.29, 0.717) is 16.2 Å². The molecular weight excluding hydrogens is 374 g/mol. The van der Waals surface area contributed by atoms with Crippen LogP contribution in [0.4, 0.5) is 0 Å². The number of hydrogen-bond donors (Lipinski definition) is 0. The molecule has 0 atom stereocenters. The maximum atomic E-state index is 12.3. The first-order chi connectivity index (χ1) is 11.2. The fraction of sp³-hybridized carbons (Fsp3) is 0. The lowest BCUT2D eigenvalue weighted by molar-refractivity contribution is 0.563. The van der Waals surface area contributed by atoms with Gasteiger partial charge in [-0.05, 0) is 24.3 Å². The highest BCUT2D eigenvalue weighted by Crippen LogP contribution is 2.29. The third-order valence-corrected chi connectivity index (χ3v) is 4.87. The van der Waals surface area contributed by atoms with E-state index in [1.807, 2.05) is 53.9 Å². The Balaban J connectivity index is 1.85. The number of benzene rings is 2. The summed E-state index contributed by atoms with van der Waals surface area (Å²) in [4.78, 5) is 16.8. The van der Waals surface area contributed by atoms with Crippen LogP contribution in [-0.4, -0.2) is 4.98 Å². The zero-order valence-corrected chi connectivity index (χ0v) is 14.2. The molecule has 0 aliphatic heterocycles. The Morgan fingerprint density at radius 1 is 1.04 bits per heavy atom. The minimum Gasteiger partial charge on any atom is -0.422 e. The van der Waals surface area contributed by atoms with Crippen molar-refractivity contribution in [1.82, 2.24) is 4.98 Å². The fourth-order valence-electron chi connectivity index (χ4n) is 2.38. The molecule has 112 valence electrons. The van der Waals surface area contributed by atoms with Gasteiger partial charge in [-0.3, -0.25) is 0 Å². The maximum absolute atomic E-state index is 12.3. The molecule has 0 spiro atoms.